The number of rotatable bonds is 12. The minimum atomic E-state index is -0.828. The second kappa shape index (κ2) is 15.4. The van der Waals surface area contributed by atoms with E-state index < -0.39 is 24.0 Å². The molecule has 38 heavy (non-hydrogen) atoms. The first-order chi connectivity index (χ1) is 17.2. The lowest BCUT2D eigenvalue weighted by Gasteiger charge is -2.21. The van der Waals surface area contributed by atoms with Crippen LogP contribution in [-0.4, -0.2) is 42.9 Å². The molecule has 3 rings (SSSR count). The average Bonchev–Trinajstić information content (AvgIpc) is 3.14. The van der Waals surface area contributed by atoms with Crippen molar-refractivity contribution in [3.63, 3.8) is 0 Å². The second-order valence-electron chi connectivity index (χ2n) is 9.69. The number of fused-ring (bicyclic) bond motifs is 3. The molecule has 1 aliphatic rings. The third kappa shape index (κ3) is 8.80. The van der Waals surface area contributed by atoms with Crippen LogP contribution in [0, 0.1) is 11.8 Å². The maximum Gasteiger partial charge on any atom is 0.407 e. The minimum absolute atomic E-state index is 0. The lowest BCUT2D eigenvalue weighted by Crippen LogP contribution is -2.43. The van der Waals surface area contributed by atoms with E-state index in [1.54, 1.807) is 0 Å². The van der Waals surface area contributed by atoms with Crippen LogP contribution in [0.1, 0.15) is 57.1 Å². The number of amides is 3. The van der Waals surface area contributed by atoms with Gasteiger partial charge < -0.3 is 21.1 Å². The van der Waals surface area contributed by atoms with Crippen LogP contribution in [0.15, 0.2) is 48.5 Å². The highest BCUT2D eigenvalue weighted by Gasteiger charge is 2.29. The summed E-state index contributed by atoms with van der Waals surface area (Å²) in [6.45, 7) is 5.52. The van der Waals surface area contributed by atoms with E-state index in [1.807, 2.05) is 50.2 Å². The van der Waals surface area contributed by atoms with Gasteiger partial charge in [-0.25, -0.2) is 4.79 Å². The van der Waals surface area contributed by atoms with Crippen molar-refractivity contribution in [2.45, 2.75) is 52.0 Å². The van der Waals surface area contributed by atoms with Crippen molar-refractivity contribution in [2.75, 3.05) is 13.2 Å². The van der Waals surface area contributed by atoms with Gasteiger partial charge in [-0.05, 0) is 41.0 Å². The summed E-state index contributed by atoms with van der Waals surface area (Å²) in [7, 11) is 0. The number of hydrogen-bond donors (Lipinski definition) is 3. The molecule has 208 valence electrons. The normalized spacial score (nSPS) is 13.2. The van der Waals surface area contributed by atoms with Crippen LogP contribution < -0.4 is 16.4 Å². The molecule has 2 aromatic rings. The van der Waals surface area contributed by atoms with Gasteiger partial charge in [0.2, 0.25) is 11.8 Å². The molecular formula is C28H39N3O5S2. The number of ether oxygens (including phenoxy) is 1. The quantitative estimate of drug-likeness (QED) is 0.364. The molecule has 2 atom stereocenters. The monoisotopic (exact) mass is 561 g/mol. The number of ketones is 1. The van der Waals surface area contributed by atoms with Crippen molar-refractivity contribution in [2.24, 2.45) is 17.6 Å². The van der Waals surface area contributed by atoms with E-state index in [1.165, 1.54) is 6.92 Å². The van der Waals surface area contributed by atoms with Crippen LogP contribution in [0.2, 0.25) is 0 Å². The molecule has 4 N–H and O–H groups in total. The van der Waals surface area contributed by atoms with Crippen LogP contribution in [0.3, 0.4) is 0 Å². The molecule has 0 saturated carbocycles. The SMILES string of the molecule is CC(=O)N[C@@H](CCNC(=O)OCC1c2ccccc2-c2ccccc21)C(=O)C[C@@H](CC(C)C)C(N)=O.S.S. The van der Waals surface area contributed by atoms with Crippen molar-refractivity contribution in [1.82, 2.24) is 10.6 Å². The molecular weight excluding hydrogens is 522 g/mol. The summed E-state index contributed by atoms with van der Waals surface area (Å²) in [6.07, 6.45) is 0.0195. The van der Waals surface area contributed by atoms with Gasteiger partial charge in [-0.3, -0.25) is 14.4 Å². The van der Waals surface area contributed by atoms with Crippen molar-refractivity contribution < 1.29 is 23.9 Å². The first-order valence-electron chi connectivity index (χ1n) is 12.3. The van der Waals surface area contributed by atoms with Gasteiger partial charge in [-0.2, -0.15) is 27.0 Å². The Balaban J connectivity index is 0.00000361. The molecule has 0 radical (unpaired) electrons. The number of carbonyl (C=O) groups excluding carboxylic acids is 4. The zero-order valence-electron chi connectivity index (χ0n) is 22.1. The molecule has 3 amide bonds. The summed E-state index contributed by atoms with van der Waals surface area (Å²) in [5.74, 6) is -1.63. The van der Waals surface area contributed by atoms with Gasteiger partial charge in [0.15, 0.2) is 5.78 Å². The van der Waals surface area contributed by atoms with Crippen molar-refractivity contribution in [3.8, 4) is 11.1 Å². The summed E-state index contributed by atoms with van der Waals surface area (Å²) in [4.78, 5) is 48.6. The third-order valence-electron chi connectivity index (χ3n) is 6.42. The van der Waals surface area contributed by atoms with Crippen LogP contribution in [0.4, 0.5) is 4.79 Å². The number of alkyl carbamates (subject to hydrolysis) is 1. The van der Waals surface area contributed by atoms with E-state index in [9.17, 15) is 19.2 Å². The van der Waals surface area contributed by atoms with Crippen molar-refractivity contribution in [1.29, 1.82) is 0 Å². The summed E-state index contributed by atoms with van der Waals surface area (Å²) >= 11 is 0. The van der Waals surface area contributed by atoms with Gasteiger partial charge in [0.25, 0.3) is 0 Å². The fourth-order valence-corrected chi connectivity index (χ4v) is 4.78. The molecule has 0 fully saturated rings. The van der Waals surface area contributed by atoms with Crippen LogP contribution >= 0.6 is 27.0 Å². The maximum atomic E-state index is 12.8. The molecule has 8 nitrogen and oxygen atoms in total. The topological polar surface area (TPSA) is 128 Å². The maximum absolute atomic E-state index is 12.8. The van der Waals surface area contributed by atoms with Crippen LogP contribution in [-0.2, 0) is 19.1 Å². The Morgan fingerprint density at radius 1 is 0.947 bits per heavy atom. The number of nitrogens with two attached hydrogens (primary N) is 1. The summed E-state index contributed by atoms with van der Waals surface area (Å²) in [5, 5.41) is 5.28. The molecule has 0 aliphatic heterocycles. The number of hydrogen-bond acceptors (Lipinski definition) is 5. The fourth-order valence-electron chi connectivity index (χ4n) is 4.78. The van der Waals surface area contributed by atoms with Crippen LogP contribution in [0.25, 0.3) is 11.1 Å². The molecule has 0 saturated heterocycles. The molecule has 0 unspecified atom stereocenters. The Bertz CT molecular complexity index is 1080. The van der Waals surface area contributed by atoms with E-state index in [0.29, 0.717) is 6.42 Å². The van der Waals surface area contributed by atoms with Gasteiger partial charge in [0, 0.05) is 31.7 Å². The molecule has 0 aromatic heterocycles. The lowest BCUT2D eigenvalue weighted by atomic mass is 9.89. The van der Waals surface area contributed by atoms with Gasteiger partial charge in [-0.15, -0.1) is 0 Å². The van der Waals surface area contributed by atoms with Gasteiger partial charge >= 0.3 is 6.09 Å². The number of Topliss-reactive ketones (excluding diaryl/α,β-unsaturated/α-hetero) is 1. The first-order valence-corrected chi connectivity index (χ1v) is 12.3. The van der Waals surface area contributed by atoms with E-state index in [4.69, 9.17) is 10.5 Å². The first kappa shape index (κ1) is 33.0. The Labute approximate surface area is 238 Å². The van der Waals surface area contributed by atoms with E-state index in [-0.39, 0.29) is 76.5 Å². The predicted octanol–water partition coefficient (Wildman–Crippen LogP) is 3.75. The highest BCUT2D eigenvalue weighted by Crippen LogP contribution is 2.44. The zero-order valence-corrected chi connectivity index (χ0v) is 24.1. The number of nitrogens with one attached hydrogen (secondary N) is 2. The van der Waals surface area contributed by atoms with E-state index in [2.05, 4.69) is 22.8 Å². The highest BCUT2D eigenvalue weighted by atomic mass is 32.1. The van der Waals surface area contributed by atoms with Crippen LogP contribution in [0.5, 0.6) is 0 Å². The Morgan fingerprint density at radius 3 is 2.00 bits per heavy atom. The van der Waals surface area contributed by atoms with Gasteiger partial charge in [0.05, 0.1) is 6.04 Å². The average molecular weight is 562 g/mol. The largest absolute Gasteiger partial charge is 0.449 e. The molecule has 0 bridgehead atoms. The summed E-state index contributed by atoms with van der Waals surface area (Å²) in [6, 6.07) is 15.3. The standard InChI is InChI=1S/C28H35N3O5.2H2S/c1-17(2)14-19(27(29)34)15-26(33)25(31-18(3)32)12-13-30-28(35)36-16-24-22-10-6-4-8-20(22)21-9-5-7-11-23(21)24;;/h4-11,17,19,24-25H,12-16H2,1-3H3,(H2,29,34)(H,30,35)(H,31,32);2*1H2/t19-,25+;;/m1../s1. The summed E-state index contributed by atoms with van der Waals surface area (Å²) in [5.41, 5.74) is 9.99. The number of primary amides is 1. The molecule has 10 heteroatoms. The van der Waals surface area contributed by atoms with Gasteiger partial charge in [-0.1, -0.05) is 62.4 Å². The van der Waals surface area contributed by atoms with Crippen molar-refractivity contribution >= 4 is 50.7 Å². The second-order valence-corrected chi connectivity index (χ2v) is 9.69. The Hall–Kier alpha value is -2.98. The minimum Gasteiger partial charge on any atom is -0.449 e. The smallest absolute Gasteiger partial charge is 0.407 e. The number of carbonyl (C=O) groups is 4. The molecule has 0 heterocycles. The lowest BCUT2D eigenvalue weighted by molar-refractivity contribution is -0.130. The van der Waals surface area contributed by atoms with E-state index >= 15 is 0 Å². The predicted molar refractivity (Wildman–Crippen MR) is 158 cm³/mol. The highest BCUT2D eigenvalue weighted by molar-refractivity contribution is 7.59. The third-order valence-corrected chi connectivity index (χ3v) is 6.42. The van der Waals surface area contributed by atoms with Gasteiger partial charge in [0.1, 0.15) is 6.61 Å². The van der Waals surface area contributed by atoms with E-state index in [0.717, 1.165) is 22.3 Å². The fraction of sp³-hybridized carbons (Fsp3) is 0.429. The Morgan fingerprint density at radius 2 is 1.50 bits per heavy atom. The molecule has 1 aliphatic carbocycles. The molecule has 0 spiro atoms. The zero-order chi connectivity index (χ0) is 26.2. The summed E-state index contributed by atoms with van der Waals surface area (Å²) < 4.78 is 5.52. The van der Waals surface area contributed by atoms with Crippen molar-refractivity contribution in [3.05, 3.63) is 59.7 Å². The number of benzene rings is 2. The Kier molecular flexibility index (Phi) is 13.4. The molecule has 2 aromatic carbocycles.